The van der Waals surface area contributed by atoms with Gasteiger partial charge >= 0.3 is 0 Å². The Balaban J connectivity index is 0.00000200. The zero-order valence-corrected chi connectivity index (χ0v) is 13.0. The van der Waals surface area contributed by atoms with Gasteiger partial charge in [0, 0.05) is 19.0 Å². The smallest absolute Gasteiger partial charge is 0.220 e. The molecule has 3 nitrogen and oxygen atoms in total. The molecule has 0 aliphatic carbocycles. The molecule has 1 aromatic carbocycles. The summed E-state index contributed by atoms with van der Waals surface area (Å²) in [5, 5.41) is 6.45. The van der Waals surface area contributed by atoms with Gasteiger partial charge in [-0.25, -0.2) is 0 Å². The first kappa shape index (κ1) is 17.0. The van der Waals surface area contributed by atoms with E-state index in [4.69, 9.17) is 0 Å². The molecule has 0 spiro atoms. The molecule has 1 atom stereocenters. The second-order valence-corrected chi connectivity index (χ2v) is 5.23. The molecule has 1 aromatic rings. The summed E-state index contributed by atoms with van der Waals surface area (Å²) < 4.78 is 0. The summed E-state index contributed by atoms with van der Waals surface area (Å²) in [5.41, 5.74) is 2.55. The fraction of sp³-hybridized carbons (Fsp3) is 0.562. The van der Waals surface area contributed by atoms with Crippen molar-refractivity contribution in [2.45, 2.75) is 51.6 Å². The van der Waals surface area contributed by atoms with E-state index in [-0.39, 0.29) is 18.3 Å². The van der Waals surface area contributed by atoms with Gasteiger partial charge in [0.15, 0.2) is 0 Å². The molecule has 2 N–H and O–H groups in total. The Kier molecular flexibility index (Phi) is 7.63. The third-order valence-corrected chi connectivity index (χ3v) is 3.86. The fourth-order valence-corrected chi connectivity index (χ4v) is 2.67. The van der Waals surface area contributed by atoms with Crippen molar-refractivity contribution in [1.82, 2.24) is 10.6 Å². The van der Waals surface area contributed by atoms with Crippen LogP contribution < -0.4 is 10.6 Å². The van der Waals surface area contributed by atoms with E-state index >= 15 is 0 Å². The number of aryl methyl sites for hydroxylation is 1. The van der Waals surface area contributed by atoms with Gasteiger partial charge in [-0.1, -0.05) is 31.2 Å². The van der Waals surface area contributed by atoms with Crippen molar-refractivity contribution >= 4 is 18.3 Å². The lowest BCUT2D eigenvalue weighted by atomic mass is 10.1. The number of nitrogens with one attached hydrogen (secondary N) is 2. The van der Waals surface area contributed by atoms with Crippen LogP contribution in [0.3, 0.4) is 0 Å². The van der Waals surface area contributed by atoms with Crippen LogP contribution >= 0.6 is 12.4 Å². The van der Waals surface area contributed by atoms with Crippen LogP contribution in [0.4, 0.5) is 0 Å². The summed E-state index contributed by atoms with van der Waals surface area (Å²) in [6.45, 7) is 3.91. The Morgan fingerprint density at radius 3 is 2.75 bits per heavy atom. The Morgan fingerprint density at radius 1 is 1.35 bits per heavy atom. The molecular weight excluding hydrogens is 272 g/mol. The molecule has 112 valence electrons. The summed E-state index contributed by atoms with van der Waals surface area (Å²) in [5.74, 6) is 0.166. The average molecular weight is 297 g/mol. The van der Waals surface area contributed by atoms with E-state index in [0.717, 1.165) is 19.4 Å². The number of carbonyl (C=O) groups excluding carboxylic acids is 1. The molecule has 1 aliphatic rings. The van der Waals surface area contributed by atoms with Gasteiger partial charge in [-0.05, 0) is 43.4 Å². The maximum atomic E-state index is 11.8. The number of halogens is 1. The first-order valence-electron chi connectivity index (χ1n) is 7.36. The van der Waals surface area contributed by atoms with E-state index in [0.29, 0.717) is 19.0 Å². The van der Waals surface area contributed by atoms with Crippen LogP contribution in [-0.2, 0) is 17.8 Å². The number of carbonyl (C=O) groups is 1. The first-order valence-corrected chi connectivity index (χ1v) is 7.36. The van der Waals surface area contributed by atoms with Crippen molar-refractivity contribution < 1.29 is 4.79 Å². The molecule has 4 heteroatoms. The van der Waals surface area contributed by atoms with Gasteiger partial charge < -0.3 is 10.6 Å². The molecule has 2 rings (SSSR count). The van der Waals surface area contributed by atoms with Gasteiger partial charge in [0.2, 0.25) is 5.91 Å². The summed E-state index contributed by atoms with van der Waals surface area (Å²) in [4.78, 5) is 11.8. The predicted molar refractivity (Wildman–Crippen MR) is 85.2 cm³/mol. The van der Waals surface area contributed by atoms with Crippen LogP contribution in [-0.4, -0.2) is 18.5 Å². The topological polar surface area (TPSA) is 41.1 Å². The molecule has 20 heavy (non-hydrogen) atoms. The van der Waals surface area contributed by atoms with Gasteiger partial charge in [0.1, 0.15) is 0 Å². The second kappa shape index (κ2) is 8.98. The lowest BCUT2D eigenvalue weighted by Gasteiger charge is -2.11. The van der Waals surface area contributed by atoms with Crippen LogP contribution in [0.15, 0.2) is 24.3 Å². The standard InChI is InChI=1S/C16H24N2O.ClH/c1-2-13-6-3-4-7-14(13)12-18-16(19)10-9-15-8-5-11-17-15;/h3-4,6-7,15,17H,2,5,8-12H2,1H3,(H,18,19);1H. The zero-order chi connectivity index (χ0) is 13.5. The molecule has 1 amide bonds. The SMILES string of the molecule is CCc1ccccc1CNC(=O)CCC1CCCN1.Cl. The third-order valence-electron chi connectivity index (χ3n) is 3.86. The zero-order valence-electron chi connectivity index (χ0n) is 12.2. The second-order valence-electron chi connectivity index (χ2n) is 5.23. The monoisotopic (exact) mass is 296 g/mol. The van der Waals surface area contributed by atoms with Crippen LogP contribution in [0.5, 0.6) is 0 Å². The highest BCUT2D eigenvalue weighted by atomic mass is 35.5. The third kappa shape index (κ3) is 5.14. The van der Waals surface area contributed by atoms with Crippen LogP contribution in [0.25, 0.3) is 0 Å². The molecule has 1 fully saturated rings. The minimum Gasteiger partial charge on any atom is -0.352 e. The average Bonchev–Trinajstić information content (AvgIpc) is 2.96. The lowest BCUT2D eigenvalue weighted by Crippen LogP contribution is -2.27. The number of hydrogen-bond donors (Lipinski definition) is 2. The van der Waals surface area contributed by atoms with Gasteiger partial charge in [-0.3, -0.25) is 4.79 Å². The van der Waals surface area contributed by atoms with Crippen molar-refractivity contribution in [3.63, 3.8) is 0 Å². The lowest BCUT2D eigenvalue weighted by molar-refractivity contribution is -0.121. The van der Waals surface area contributed by atoms with Crippen molar-refractivity contribution in [3.05, 3.63) is 35.4 Å². The molecule has 0 radical (unpaired) electrons. The van der Waals surface area contributed by atoms with Crippen molar-refractivity contribution in [1.29, 1.82) is 0 Å². The van der Waals surface area contributed by atoms with E-state index in [2.05, 4.69) is 35.8 Å². The number of amides is 1. The number of benzene rings is 1. The molecular formula is C16H25ClN2O. The Bertz CT molecular complexity index is 417. The largest absolute Gasteiger partial charge is 0.352 e. The van der Waals surface area contributed by atoms with E-state index in [1.807, 2.05) is 6.07 Å². The van der Waals surface area contributed by atoms with Crippen LogP contribution in [0.2, 0.25) is 0 Å². The highest BCUT2D eigenvalue weighted by molar-refractivity contribution is 5.85. The normalized spacial score (nSPS) is 17.6. The van der Waals surface area contributed by atoms with Crippen LogP contribution in [0, 0.1) is 0 Å². The van der Waals surface area contributed by atoms with Gasteiger partial charge in [-0.15, -0.1) is 12.4 Å². The Morgan fingerprint density at radius 2 is 2.10 bits per heavy atom. The van der Waals surface area contributed by atoms with E-state index in [1.165, 1.54) is 24.0 Å². The highest BCUT2D eigenvalue weighted by Gasteiger charge is 2.15. The quantitative estimate of drug-likeness (QED) is 0.847. The van der Waals surface area contributed by atoms with Gasteiger partial charge in [0.25, 0.3) is 0 Å². The molecule has 0 saturated carbocycles. The van der Waals surface area contributed by atoms with E-state index < -0.39 is 0 Å². The summed E-state index contributed by atoms with van der Waals surface area (Å²) in [7, 11) is 0. The number of hydrogen-bond acceptors (Lipinski definition) is 2. The van der Waals surface area contributed by atoms with Crippen LogP contribution in [0.1, 0.15) is 43.7 Å². The van der Waals surface area contributed by atoms with E-state index in [9.17, 15) is 4.79 Å². The summed E-state index contributed by atoms with van der Waals surface area (Å²) in [6.07, 6.45) is 5.06. The molecule has 1 aliphatic heterocycles. The fourth-order valence-electron chi connectivity index (χ4n) is 2.67. The molecule has 0 aromatic heterocycles. The molecule has 1 unspecified atom stereocenters. The Labute approximate surface area is 127 Å². The van der Waals surface area contributed by atoms with Gasteiger partial charge in [0.05, 0.1) is 0 Å². The maximum Gasteiger partial charge on any atom is 0.220 e. The first-order chi connectivity index (χ1) is 9.29. The van der Waals surface area contributed by atoms with Crippen molar-refractivity contribution in [3.8, 4) is 0 Å². The van der Waals surface area contributed by atoms with Crippen molar-refractivity contribution in [2.24, 2.45) is 0 Å². The van der Waals surface area contributed by atoms with E-state index in [1.54, 1.807) is 0 Å². The Hall–Kier alpha value is -1.06. The predicted octanol–water partition coefficient (Wildman–Crippen LogP) is 2.82. The van der Waals surface area contributed by atoms with Crippen molar-refractivity contribution in [2.75, 3.05) is 6.54 Å². The number of rotatable bonds is 6. The maximum absolute atomic E-state index is 11.8. The van der Waals surface area contributed by atoms with Gasteiger partial charge in [-0.2, -0.15) is 0 Å². The molecule has 1 saturated heterocycles. The highest BCUT2D eigenvalue weighted by Crippen LogP contribution is 2.11. The summed E-state index contributed by atoms with van der Waals surface area (Å²) in [6, 6.07) is 8.86. The molecule has 1 heterocycles. The minimum atomic E-state index is 0. The summed E-state index contributed by atoms with van der Waals surface area (Å²) >= 11 is 0. The minimum absolute atomic E-state index is 0. The molecule has 0 bridgehead atoms.